The van der Waals surface area contributed by atoms with Gasteiger partial charge in [-0.1, -0.05) is 13.8 Å². The second kappa shape index (κ2) is 6.83. The number of hydrogen-bond acceptors (Lipinski definition) is 5. The average molecular weight is 376 g/mol. The van der Waals surface area contributed by atoms with E-state index in [1.165, 1.54) is 0 Å². The lowest BCUT2D eigenvalue weighted by Crippen LogP contribution is -2.47. The fourth-order valence-electron chi connectivity index (χ4n) is 2.71. The van der Waals surface area contributed by atoms with Crippen LogP contribution in [0.25, 0.3) is 0 Å². The molecule has 3 rings (SSSR count). The summed E-state index contributed by atoms with van der Waals surface area (Å²) >= 11 is 3.43. The molecular weight excluding hydrogens is 354 g/mol. The Kier molecular flexibility index (Phi) is 4.80. The van der Waals surface area contributed by atoms with Gasteiger partial charge in [0.25, 0.3) is 0 Å². The molecule has 0 unspecified atom stereocenters. The molecule has 1 aliphatic heterocycles. The van der Waals surface area contributed by atoms with Gasteiger partial charge < -0.3 is 9.80 Å². The van der Waals surface area contributed by atoms with Gasteiger partial charge in [0.2, 0.25) is 0 Å². The quantitative estimate of drug-likeness (QED) is 0.822. The van der Waals surface area contributed by atoms with Crippen LogP contribution in [-0.2, 0) is 0 Å². The van der Waals surface area contributed by atoms with Crippen molar-refractivity contribution in [3.8, 4) is 0 Å². The number of aryl methyl sites for hydroxylation is 1. The minimum Gasteiger partial charge on any atom is -0.353 e. The maximum Gasteiger partial charge on any atom is 0.133 e. The van der Waals surface area contributed by atoms with Crippen LogP contribution >= 0.6 is 15.9 Å². The fourth-order valence-corrected chi connectivity index (χ4v) is 2.95. The highest BCUT2D eigenvalue weighted by Crippen LogP contribution is 2.21. The third-order valence-corrected chi connectivity index (χ3v) is 4.48. The highest BCUT2D eigenvalue weighted by molar-refractivity contribution is 9.10. The zero-order valence-corrected chi connectivity index (χ0v) is 15.4. The molecule has 0 bridgehead atoms. The summed E-state index contributed by atoms with van der Waals surface area (Å²) in [5.74, 6) is 3.36. The van der Waals surface area contributed by atoms with E-state index in [9.17, 15) is 0 Å². The Bertz CT molecular complexity index is 663. The van der Waals surface area contributed by atoms with Crippen LogP contribution in [0.2, 0.25) is 0 Å². The largest absolute Gasteiger partial charge is 0.353 e. The molecule has 0 aliphatic carbocycles. The van der Waals surface area contributed by atoms with Crippen molar-refractivity contribution in [3.05, 3.63) is 40.4 Å². The van der Waals surface area contributed by atoms with E-state index in [0.717, 1.165) is 53.8 Å². The zero-order valence-electron chi connectivity index (χ0n) is 13.8. The highest BCUT2D eigenvalue weighted by Gasteiger charge is 2.20. The molecule has 5 nitrogen and oxygen atoms in total. The lowest BCUT2D eigenvalue weighted by molar-refractivity contribution is 0.635. The first-order valence-electron chi connectivity index (χ1n) is 8.00. The molecule has 0 spiro atoms. The molecule has 1 fully saturated rings. The van der Waals surface area contributed by atoms with Gasteiger partial charge >= 0.3 is 0 Å². The van der Waals surface area contributed by atoms with Crippen LogP contribution in [0.4, 0.5) is 11.6 Å². The normalized spacial score (nSPS) is 15.3. The third kappa shape index (κ3) is 3.80. The number of rotatable bonds is 3. The van der Waals surface area contributed by atoms with Gasteiger partial charge in [-0.05, 0) is 35.0 Å². The lowest BCUT2D eigenvalue weighted by atomic mass is 10.2. The molecule has 2 aromatic rings. The van der Waals surface area contributed by atoms with Gasteiger partial charge in [0, 0.05) is 54.5 Å². The molecule has 0 N–H and O–H groups in total. The second-order valence-corrected chi connectivity index (χ2v) is 7.10. The summed E-state index contributed by atoms with van der Waals surface area (Å²) in [6.45, 7) is 10.1. The molecule has 6 heteroatoms. The van der Waals surface area contributed by atoms with E-state index in [-0.39, 0.29) is 0 Å². The van der Waals surface area contributed by atoms with Gasteiger partial charge in [-0.15, -0.1) is 0 Å². The molecule has 122 valence electrons. The topological polar surface area (TPSA) is 45.2 Å². The highest BCUT2D eigenvalue weighted by atomic mass is 79.9. The van der Waals surface area contributed by atoms with Gasteiger partial charge in [-0.25, -0.2) is 15.0 Å². The average Bonchev–Trinajstić information content (AvgIpc) is 2.55. The summed E-state index contributed by atoms with van der Waals surface area (Å²) in [5, 5.41) is 0. The van der Waals surface area contributed by atoms with Crippen molar-refractivity contribution in [1.29, 1.82) is 0 Å². The van der Waals surface area contributed by atoms with Crippen molar-refractivity contribution in [2.45, 2.75) is 26.7 Å². The number of pyridine rings is 1. The molecule has 2 aromatic heterocycles. The van der Waals surface area contributed by atoms with E-state index in [1.807, 2.05) is 19.2 Å². The van der Waals surface area contributed by atoms with Crippen LogP contribution in [0.3, 0.4) is 0 Å². The predicted octanol–water partition coefficient (Wildman–Crippen LogP) is 3.39. The molecular formula is C17H22BrN5. The Hall–Kier alpha value is -1.69. The fraction of sp³-hybridized carbons (Fsp3) is 0.471. The maximum absolute atomic E-state index is 4.74. The van der Waals surface area contributed by atoms with Crippen molar-refractivity contribution >= 4 is 27.6 Å². The summed E-state index contributed by atoms with van der Waals surface area (Å²) in [6, 6.07) is 6.18. The monoisotopic (exact) mass is 375 g/mol. The first-order valence-corrected chi connectivity index (χ1v) is 8.79. The Balaban J connectivity index is 1.70. The molecule has 1 saturated heterocycles. The van der Waals surface area contributed by atoms with Crippen molar-refractivity contribution < 1.29 is 0 Å². The second-order valence-electron chi connectivity index (χ2n) is 6.19. The number of hydrogen-bond donors (Lipinski definition) is 0. The summed E-state index contributed by atoms with van der Waals surface area (Å²) in [7, 11) is 0. The van der Waals surface area contributed by atoms with Crippen LogP contribution < -0.4 is 9.80 Å². The summed E-state index contributed by atoms with van der Waals surface area (Å²) in [6.07, 6.45) is 1.85. The Morgan fingerprint density at radius 2 is 1.65 bits per heavy atom. The van der Waals surface area contributed by atoms with E-state index in [2.05, 4.69) is 61.7 Å². The Morgan fingerprint density at radius 3 is 2.22 bits per heavy atom. The van der Waals surface area contributed by atoms with Crippen molar-refractivity contribution in [2.75, 3.05) is 36.0 Å². The lowest BCUT2D eigenvalue weighted by Gasteiger charge is -2.36. The van der Waals surface area contributed by atoms with E-state index in [1.54, 1.807) is 0 Å². The SMILES string of the molecule is Cc1cc(N2CCN(c3ccc(Br)cn3)CC2)nc(C(C)C)n1. The predicted molar refractivity (Wildman–Crippen MR) is 97.2 cm³/mol. The number of anilines is 2. The van der Waals surface area contributed by atoms with E-state index >= 15 is 0 Å². The van der Waals surface area contributed by atoms with Gasteiger partial charge in [0.1, 0.15) is 17.5 Å². The maximum atomic E-state index is 4.74. The molecule has 23 heavy (non-hydrogen) atoms. The van der Waals surface area contributed by atoms with Crippen LogP contribution in [0.5, 0.6) is 0 Å². The smallest absolute Gasteiger partial charge is 0.133 e. The molecule has 0 amide bonds. The van der Waals surface area contributed by atoms with Gasteiger partial charge in [0.15, 0.2) is 0 Å². The molecule has 1 aliphatic rings. The molecule has 3 heterocycles. The Morgan fingerprint density at radius 1 is 1.00 bits per heavy atom. The van der Waals surface area contributed by atoms with Gasteiger partial charge in [0.05, 0.1) is 0 Å². The summed E-state index contributed by atoms with van der Waals surface area (Å²) in [4.78, 5) is 18.4. The summed E-state index contributed by atoms with van der Waals surface area (Å²) in [5.41, 5.74) is 1.04. The van der Waals surface area contributed by atoms with Crippen molar-refractivity contribution in [3.63, 3.8) is 0 Å². The Labute approximate surface area is 145 Å². The van der Waals surface area contributed by atoms with Crippen molar-refractivity contribution in [2.24, 2.45) is 0 Å². The third-order valence-electron chi connectivity index (χ3n) is 4.01. The first kappa shape index (κ1) is 16.2. The molecule has 0 aromatic carbocycles. The number of aromatic nitrogens is 3. The molecule has 0 saturated carbocycles. The van der Waals surface area contributed by atoms with Crippen LogP contribution in [0, 0.1) is 6.92 Å². The van der Waals surface area contributed by atoms with Crippen molar-refractivity contribution in [1.82, 2.24) is 15.0 Å². The molecule has 0 atom stereocenters. The van der Waals surface area contributed by atoms with E-state index < -0.39 is 0 Å². The number of piperazine rings is 1. The van der Waals surface area contributed by atoms with Crippen LogP contribution in [0.15, 0.2) is 28.9 Å². The minimum atomic E-state index is 0.349. The zero-order chi connectivity index (χ0) is 16.4. The minimum absolute atomic E-state index is 0.349. The number of halogens is 1. The van der Waals surface area contributed by atoms with E-state index in [0.29, 0.717) is 5.92 Å². The van der Waals surface area contributed by atoms with E-state index in [4.69, 9.17) is 4.98 Å². The molecule has 0 radical (unpaired) electrons. The standard InChI is InChI=1S/C17H22BrN5/c1-12(2)17-20-13(3)10-16(21-17)23-8-6-22(7-9-23)15-5-4-14(18)11-19-15/h4-5,10-12H,6-9H2,1-3H3. The van der Waals surface area contributed by atoms with Crippen LogP contribution in [-0.4, -0.2) is 41.1 Å². The van der Waals surface area contributed by atoms with Gasteiger partial charge in [-0.3, -0.25) is 0 Å². The van der Waals surface area contributed by atoms with Crippen LogP contribution in [0.1, 0.15) is 31.3 Å². The number of nitrogens with zero attached hydrogens (tertiary/aromatic N) is 5. The first-order chi connectivity index (χ1) is 11.0. The summed E-state index contributed by atoms with van der Waals surface area (Å²) < 4.78 is 1.01. The van der Waals surface area contributed by atoms with Gasteiger partial charge in [-0.2, -0.15) is 0 Å².